The van der Waals surface area contributed by atoms with Gasteiger partial charge in [0.15, 0.2) is 11.5 Å². The van der Waals surface area contributed by atoms with Crippen LogP contribution in [0.25, 0.3) is 11.8 Å². The number of H-pyrrole nitrogens is 1. The van der Waals surface area contributed by atoms with Crippen molar-refractivity contribution >= 4 is 12.0 Å². The number of carbonyl (C=O) groups excluding carboxylic acids is 1. The van der Waals surface area contributed by atoms with Crippen molar-refractivity contribution in [3.05, 3.63) is 76.0 Å². The number of carbonyl (C=O) groups is 1. The number of aryl methyl sites for hydroxylation is 1. The van der Waals surface area contributed by atoms with Gasteiger partial charge in [-0.2, -0.15) is 5.10 Å². The Hall–Kier alpha value is -3.81. The van der Waals surface area contributed by atoms with Gasteiger partial charge >= 0.3 is 5.69 Å². The molecule has 1 fully saturated rings. The molecule has 0 bridgehead atoms. The van der Waals surface area contributed by atoms with Crippen molar-refractivity contribution in [2.75, 3.05) is 19.9 Å². The van der Waals surface area contributed by atoms with Gasteiger partial charge in [-0.05, 0) is 61.1 Å². The van der Waals surface area contributed by atoms with Gasteiger partial charge in [-0.15, -0.1) is 0 Å². The lowest BCUT2D eigenvalue weighted by atomic mass is 9.93. The van der Waals surface area contributed by atoms with Crippen LogP contribution in [0.4, 0.5) is 0 Å². The van der Waals surface area contributed by atoms with E-state index in [1.165, 1.54) is 0 Å². The summed E-state index contributed by atoms with van der Waals surface area (Å²) >= 11 is 0. The molecule has 1 N–H and O–H groups in total. The van der Waals surface area contributed by atoms with Crippen molar-refractivity contribution in [2.45, 2.75) is 26.2 Å². The van der Waals surface area contributed by atoms with Gasteiger partial charge in [0, 0.05) is 25.6 Å². The molecule has 0 unspecified atom stereocenters. The molecule has 0 atom stereocenters. The highest BCUT2D eigenvalue weighted by atomic mass is 16.7. The molecule has 3 aromatic rings. The monoisotopic (exact) mass is 446 g/mol. The molecule has 2 aliphatic rings. The number of aromatic nitrogens is 3. The van der Waals surface area contributed by atoms with Crippen molar-refractivity contribution in [1.82, 2.24) is 19.7 Å². The molecule has 0 aliphatic carbocycles. The van der Waals surface area contributed by atoms with Crippen LogP contribution in [-0.2, 0) is 11.2 Å². The highest BCUT2D eigenvalue weighted by molar-refractivity contribution is 5.92. The normalized spacial score (nSPS) is 16.0. The van der Waals surface area contributed by atoms with Crippen LogP contribution in [0.5, 0.6) is 11.5 Å². The zero-order valence-electron chi connectivity index (χ0n) is 18.5. The summed E-state index contributed by atoms with van der Waals surface area (Å²) in [5.41, 5.74) is 2.56. The fraction of sp³-hybridized carbons (Fsp3) is 0.320. The number of hydrogen-bond acceptors (Lipinski definition) is 5. The van der Waals surface area contributed by atoms with Gasteiger partial charge in [0.25, 0.3) is 0 Å². The second-order valence-electron chi connectivity index (χ2n) is 8.49. The van der Waals surface area contributed by atoms with E-state index in [9.17, 15) is 9.59 Å². The quantitative estimate of drug-likeness (QED) is 0.609. The predicted octanol–water partition coefficient (Wildman–Crippen LogP) is 3.09. The number of nitrogens with one attached hydrogen (secondary N) is 1. The van der Waals surface area contributed by atoms with Crippen molar-refractivity contribution in [3.8, 4) is 17.2 Å². The summed E-state index contributed by atoms with van der Waals surface area (Å²) in [6.45, 7) is 3.59. The first kappa shape index (κ1) is 21.1. The number of ether oxygens (including phenoxy) is 2. The number of rotatable bonds is 5. The molecule has 33 heavy (non-hydrogen) atoms. The van der Waals surface area contributed by atoms with Crippen molar-refractivity contribution in [1.29, 1.82) is 0 Å². The minimum atomic E-state index is -0.222. The molecule has 1 amide bonds. The molecule has 2 aromatic carbocycles. The van der Waals surface area contributed by atoms with E-state index in [0.29, 0.717) is 31.2 Å². The molecule has 1 aromatic heterocycles. The third kappa shape index (κ3) is 4.41. The second-order valence-corrected chi connectivity index (χ2v) is 8.49. The van der Waals surface area contributed by atoms with Crippen LogP contribution < -0.4 is 15.2 Å². The molecule has 8 heteroatoms. The Morgan fingerprint density at radius 1 is 1.15 bits per heavy atom. The summed E-state index contributed by atoms with van der Waals surface area (Å²) in [4.78, 5) is 26.9. The van der Waals surface area contributed by atoms with Crippen molar-refractivity contribution < 1.29 is 14.3 Å². The molecule has 8 nitrogen and oxygen atoms in total. The first-order chi connectivity index (χ1) is 16.1. The van der Waals surface area contributed by atoms with Gasteiger partial charge in [-0.3, -0.25) is 4.79 Å². The third-order valence-corrected chi connectivity index (χ3v) is 6.31. The molecule has 0 saturated carbocycles. The topological polar surface area (TPSA) is 89.4 Å². The first-order valence-corrected chi connectivity index (χ1v) is 11.2. The number of piperidine rings is 1. The Morgan fingerprint density at radius 2 is 1.94 bits per heavy atom. The largest absolute Gasteiger partial charge is 0.454 e. The SMILES string of the molecule is Cc1ccccc1-n1c(CC2CCN(C(=O)/C=C/c3ccc4c(c3)OCO4)CC2)n[nH]c1=O. The Morgan fingerprint density at radius 3 is 2.76 bits per heavy atom. The third-order valence-electron chi connectivity index (χ3n) is 6.31. The lowest BCUT2D eigenvalue weighted by Crippen LogP contribution is -2.38. The highest BCUT2D eigenvalue weighted by Gasteiger charge is 2.24. The van der Waals surface area contributed by atoms with Gasteiger partial charge < -0.3 is 14.4 Å². The molecule has 170 valence electrons. The van der Waals surface area contributed by atoms with Crippen LogP contribution in [0.2, 0.25) is 0 Å². The van der Waals surface area contributed by atoms with E-state index in [2.05, 4.69) is 10.2 Å². The molecule has 3 heterocycles. The van der Waals surface area contributed by atoms with Gasteiger partial charge in [-0.1, -0.05) is 24.3 Å². The summed E-state index contributed by atoms with van der Waals surface area (Å²) in [5, 5.41) is 6.88. The lowest BCUT2D eigenvalue weighted by Gasteiger charge is -2.31. The molecule has 1 saturated heterocycles. The average molecular weight is 447 g/mol. The van der Waals surface area contributed by atoms with Gasteiger partial charge in [0.2, 0.25) is 12.7 Å². The number of nitrogens with zero attached hydrogens (tertiary/aromatic N) is 3. The smallest absolute Gasteiger partial charge is 0.347 e. The highest BCUT2D eigenvalue weighted by Crippen LogP contribution is 2.32. The van der Waals surface area contributed by atoms with E-state index in [1.54, 1.807) is 16.7 Å². The average Bonchev–Trinajstić information content (AvgIpc) is 3.44. The molecule has 0 spiro atoms. The van der Waals surface area contributed by atoms with E-state index in [4.69, 9.17) is 9.47 Å². The zero-order chi connectivity index (χ0) is 22.8. The van der Waals surface area contributed by atoms with Crippen LogP contribution in [0.1, 0.15) is 29.8 Å². The zero-order valence-corrected chi connectivity index (χ0v) is 18.5. The van der Waals surface area contributed by atoms with E-state index in [0.717, 1.165) is 41.2 Å². The number of amides is 1. The first-order valence-electron chi connectivity index (χ1n) is 11.2. The number of likely N-dealkylation sites (tertiary alicyclic amines) is 1. The van der Waals surface area contributed by atoms with Gasteiger partial charge in [-0.25, -0.2) is 14.5 Å². The van der Waals surface area contributed by atoms with Gasteiger partial charge in [0.1, 0.15) is 5.82 Å². The van der Waals surface area contributed by atoms with Crippen LogP contribution >= 0.6 is 0 Å². The van der Waals surface area contributed by atoms with Crippen LogP contribution in [0, 0.1) is 12.8 Å². The standard InChI is InChI=1S/C25H26N4O4/c1-17-4-2-3-5-20(17)29-23(26-27-25(29)31)15-19-10-12-28(13-11-19)24(30)9-7-18-6-8-21-22(14-18)33-16-32-21/h2-9,14,19H,10-13,15-16H2,1H3,(H,27,31)/b9-7+. The Labute approximate surface area is 191 Å². The predicted molar refractivity (Wildman–Crippen MR) is 124 cm³/mol. The number of benzene rings is 2. The van der Waals surface area contributed by atoms with Crippen LogP contribution in [0.15, 0.2) is 53.3 Å². The number of fused-ring (bicyclic) bond motifs is 1. The summed E-state index contributed by atoms with van der Waals surface area (Å²) in [7, 11) is 0. The van der Waals surface area contributed by atoms with Gasteiger partial charge in [0.05, 0.1) is 5.69 Å². The maximum Gasteiger partial charge on any atom is 0.347 e. The minimum absolute atomic E-state index is 0.00250. The Kier molecular flexibility index (Phi) is 5.73. The summed E-state index contributed by atoms with van der Waals surface area (Å²) < 4.78 is 12.4. The maximum atomic E-state index is 12.7. The second kappa shape index (κ2) is 8.97. The summed E-state index contributed by atoms with van der Waals surface area (Å²) in [5.74, 6) is 2.53. The number of aromatic amines is 1. The summed E-state index contributed by atoms with van der Waals surface area (Å²) in [6, 6.07) is 13.4. The minimum Gasteiger partial charge on any atom is -0.454 e. The Balaban J connectivity index is 1.19. The van der Waals surface area contributed by atoms with Crippen LogP contribution in [-0.4, -0.2) is 45.5 Å². The number of hydrogen-bond donors (Lipinski definition) is 1. The van der Waals surface area contributed by atoms with E-state index >= 15 is 0 Å². The van der Waals surface area contributed by atoms with Crippen LogP contribution in [0.3, 0.4) is 0 Å². The summed E-state index contributed by atoms with van der Waals surface area (Å²) in [6.07, 6.45) is 5.86. The molecular weight excluding hydrogens is 420 g/mol. The maximum absolute atomic E-state index is 12.7. The van der Waals surface area contributed by atoms with E-state index in [1.807, 2.05) is 54.3 Å². The fourth-order valence-corrected chi connectivity index (χ4v) is 4.43. The van der Waals surface area contributed by atoms with E-state index in [-0.39, 0.29) is 18.4 Å². The fourth-order valence-electron chi connectivity index (χ4n) is 4.43. The molecule has 0 radical (unpaired) electrons. The Bertz CT molecular complexity index is 1250. The lowest BCUT2D eigenvalue weighted by molar-refractivity contribution is -0.127. The number of para-hydroxylation sites is 1. The van der Waals surface area contributed by atoms with Crippen molar-refractivity contribution in [3.63, 3.8) is 0 Å². The molecule has 2 aliphatic heterocycles. The molecular formula is C25H26N4O4. The molecule has 5 rings (SSSR count). The van der Waals surface area contributed by atoms with E-state index < -0.39 is 0 Å². The van der Waals surface area contributed by atoms with Crippen molar-refractivity contribution in [2.24, 2.45) is 5.92 Å².